The van der Waals surface area contributed by atoms with E-state index in [0.717, 1.165) is 44.5 Å². The number of piperidine rings is 1. The predicted molar refractivity (Wildman–Crippen MR) is 145 cm³/mol. The van der Waals surface area contributed by atoms with E-state index in [1.54, 1.807) is 54.6 Å². The molecule has 1 unspecified atom stereocenters. The molecule has 2 aliphatic heterocycles. The smallest absolute Gasteiger partial charge is 0.416 e. The Hall–Kier alpha value is -3.76. The van der Waals surface area contributed by atoms with Gasteiger partial charge in [0.1, 0.15) is 18.0 Å². The second-order valence-corrected chi connectivity index (χ2v) is 10.2. The van der Waals surface area contributed by atoms with Gasteiger partial charge in [0.15, 0.2) is 0 Å². The average Bonchev–Trinajstić information content (AvgIpc) is 3.26. The third kappa shape index (κ3) is 6.51. The maximum absolute atomic E-state index is 13.6. The highest BCUT2D eigenvalue weighted by atomic mass is 35.5. The molecule has 2 fully saturated rings. The van der Waals surface area contributed by atoms with Gasteiger partial charge in [-0.05, 0) is 79.1 Å². The summed E-state index contributed by atoms with van der Waals surface area (Å²) in [6.07, 6.45) is -1.47. The zero-order valence-electron chi connectivity index (χ0n) is 21.5. The van der Waals surface area contributed by atoms with Crippen molar-refractivity contribution in [1.82, 2.24) is 15.3 Å². The molecule has 3 aromatic carbocycles. The van der Waals surface area contributed by atoms with E-state index < -0.39 is 23.8 Å². The third-order valence-corrected chi connectivity index (χ3v) is 7.17. The largest absolute Gasteiger partial charge is 0.457 e. The van der Waals surface area contributed by atoms with E-state index in [1.807, 2.05) is 5.01 Å². The minimum atomic E-state index is -4.53. The molecule has 3 amide bonds. The van der Waals surface area contributed by atoms with Gasteiger partial charge in [0.05, 0.1) is 11.6 Å². The fourth-order valence-corrected chi connectivity index (χ4v) is 5.08. The summed E-state index contributed by atoms with van der Waals surface area (Å²) in [5.41, 5.74) is 2.84. The van der Waals surface area contributed by atoms with Crippen LogP contribution >= 0.6 is 11.6 Å². The number of amides is 3. The molecule has 1 N–H and O–H groups in total. The molecule has 2 heterocycles. The summed E-state index contributed by atoms with van der Waals surface area (Å²) in [5.74, 6) is 0.736. The summed E-state index contributed by atoms with van der Waals surface area (Å²) in [6, 6.07) is 17.3. The Morgan fingerprint density at radius 3 is 2.25 bits per heavy atom. The van der Waals surface area contributed by atoms with Gasteiger partial charge in [0, 0.05) is 30.3 Å². The number of anilines is 1. The van der Waals surface area contributed by atoms with Crippen LogP contribution in [0.4, 0.5) is 23.7 Å². The van der Waals surface area contributed by atoms with Crippen LogP contribution < -0.4 is 15.1 Å². The van der Waals surface area contributed by atoms with Crippen molar-refractivity contribution in [3.05, 3.63) is 88.9 Å². The molecule has 0 aliphatic carbocycles. The lowest BCUT2D eigenvalue weighted by Gasteiger charge is -2.27. The van der Waals surface area contributed by atoms with Gasteiger partial charge < -0.3 is 9.64 Å². The van der Waals surface area contributed by atoms with E-state index in [9.17, 15) is 22.8 Å². The standard InChI is InChI=1S/C29H28ClF3N4O3/c30-22-7-11-24(12-8-22)40-25-13-9-23(10-14-25)37-26(20-5-4-6-21(17-20)29(31,32)33)18-35(28(37)39)19-27(38)34-36-15-2-1-3-16-36/h4-14,17,26H,1-3,15-16,18-19H2,(H,34,38). The second kappa shape index (κ2) is 11.8. The Morgan fingerprint density at radius 1 is 0.950 bits per heavy atom. The number of ether oxygens (including phenoxy) is 1. The molecule has 7 nitrogen and oxygen atoms in total. The van der Waals surface area contributed by atoms with Gasteiger partial charge in [-0.15, -0.1) is 0 Å². The molecule has 0 bridgehead atoms. The van der Waals surface area contributed by atoms with Crippen LogP contribution in [0, 0.1) is 0 Å². The highest BCUT2D eigenvalue weighted by molar-refractivity contribution is 6.30. The molecule has 40 heavy (non-hydrogen) atoms. The van der Waals surface area contributed by atoms with Crippen molar-refractivity contribution in [2.24, 2.45) is 0 Å². The van der Waals surface area contributed by atoms with Crippen LogP contribution in [0.1, 0.15) is 36.4 Å². The highest BCUT2D eigenvalue weighted by Crippen LogP contribution is 2.38. The first-order valence-electron chi connectivity index (χ1n) is 13.0. The van der Waals surface area contributed by atoms with Gasteiger partial charge in [-0.2, -0.15) is 13.2 Å². The molecule has 5 rings (SSSR count). The molecule has 2 aliphatic rings. The number of alkyl halides is 3. The van der Waals surface area contributed by atoms with Gasteiger partial charge in [-0.3, -0.25) is 15.1 Å². The molecule has 11 heteroatoms. The van der Waals surface area contributed by atoms with Crippen molar-refractivity contribution in [1.29, 1.82) is 0 Å². The van der Waals surface area contributed by atoms with Crippen molar-refractivity contribution in [2.75, 3.05) is 31.1 Å². The van der Waals surface area contributed by atoms with Gasteiger partial charge in [0.2, 0.25) is 0 Å². The van der Waals surface area contributed by atoms with Crippen molar-refractivity contribution < 1.29 is 27.5 Å². The predicted octanol–water partition coefficient (Wildman–Crippen LogP) is 6.65. The number of nitrogens with zero attached hydrogens (tertiary/aromatic N) is 3. The monoisotopic (exact) mass is 572 g/mol. The molecule has 0 radical (unpaired) electrons. The number of hydrazine groups is 1. The number of carbonyl (C=O) groups is 2. The summed E-state index contributed by atoms with van der Waals surface area (Å²) in [5, 5.41) is 2.42. The molecule has 0 saturated carbocycles. The summed E-state index contributed by atoms with van der Waals surface area (Å²) >= 11 is 5.93. The summed E-state index contributed by atoms with van der Waals surface area (Å²) in [6.45, 7) is 1.32. The lowest BCUT2D eigenvalue weighted by Crippen LogP contribution is -2.49. The lowest BCUT2D eigenvalue weighted by molar-refractivity contribution is -0.137. The van der Waals surface area contributed by atoms with Crippen molar-refractivity contribution in [3.63, 3.8) is 0 Å². The van der Waals surface area contributed by atoms with E-state index >= 15 is 0 Å². The summed E-state index contributed by atoms with van der Waals surface area (Å²) < 4.78 is 46.3. The van der Waals surface area contributed by atoms with Crippen molar-refractivity contribution >= 4 is 29.2 Å². The third-order valence-electron chi connectivity index (χ3n) is 6.92. The van der Waals surface area contributed by atoms with Crippen molar-refractivity contribution in [2.45, 2.75) is 31.5 Å². The minimum absolute atomic E-state index is 0.0522. The number of halogens is 4. The zero-order valence-corrected chi connectivity index (χ0v) is 22.3. The van der Waals surface area contributed by atoms with Crippen LogP contribution in [0.25, 0.3) is 0 Å². The van der Waals surface area contributed by atoms with Crippen LogP contribution in [-0.2, 0) is 11.0 Å². The Kier molecular flexibility index (Phi) is 8.18. The normalized spacial score (nSPS) is 18.2. The van der Waals surface area contributed by atoms with Crippen LogP contribution in [0.3, 0.4) is 0 Å². The Bertz CT molecular complexity index is 1350. The van der Waals surface area contributed by atoms with Gasteiger partial charge in [-0.25, -0.2) is 9.80 Å². The van der Waals surface area contributed by atoms with E-state index in [-0.39, 0.29) is 19.0 Å². The summed E-state index contributed by atoms with van der Waals surface area (Å²) in [7, 11) is 0. The number of hydrogen-bond acceptors (Lipinski definition) is 4. The number of benzene rings is 3. The van der Waals surface area contributed by atoms with Gasteiger partial charge in [-0.1, -0.05) is 30.2 Å². The fraction of sp³-hybridized carbons (Fsp3) is 0.310. The number of hydrogen-bond donors (Lipinski definition) is 1. The van der Waals surface area contributed by atoms with Crippen LogP contribution in [0.5, 0.6) is 11.5 Å². The Labute approximate surface area is 235 Å². The molecule has 210 valence electrons. The number of rotatable bonds is 7. The maximum Gasteiger partial charge on any atom is 0.416 e. The van der Waals surface area contributed by atoms with E-state index in [2.05, 4.69) is 5.43 Å². The molecular formula is C29H28ClF3N4O3. The van der Waals surface area contributed by atoms with Crippen LogP contribution in [0.2, 0.25) is 5.02 Å². The molecule has 1 atom stereocenters. The first-order chi connectivity index (χ1) is 19.2. The lowest BCUT2D eigenvalue weighted by atomic mass is 10.0. The number of nitrogens with one attached hydrogen (secondary N) is 1. The average molecular weight is 573 g/mol. The molecule has 2 saturated heterocycles. The van der Waals surface area contributed by atoms with Gasteiger partial charge >= 0.3 is 12.2 Å². The maximum atomic E-state index is 13.6. The number of urea groups is 1. The highest BCUT2D eigenvalue weighted by Gasteiger charge is 2.41. The van der Waals surface area contributed by atoms with Crippen molar-refractivity contribution in [3.8, 4) is 11.5 Å². The Morgan fingerprint density at radius 2 is 1.60 bits per heavy atom. The van der Waals surface area contributed by atoms with E-state index in [4.69, 9.17) is 16.3 Å². The SMILES string of the molecule is O=C(CN1CC(c2cccc(C(F)(F)F)c2)N(c2ccc(Oc3ccc(Cl)cc3)cc2)C1=O)NN1CCCCC1. The topological polar surface area (TPSA) is 65.1 Å². The molecule has 3 aromatic rings. The fourth-order valence-electron chi connectivity index (χ4n) is 4.96. The first-order valence-corrected chi connectivity index (χ1v) is 13.4. The second-order valence-electron chi connectivity index (χ2n) is 9.80. The molecular weight excluding hydrogens is 545 g/mol. The number of carbonyl (C=O) groups excluding carboxylic acids is 2. The molecule has 0 spiro atoms. The van der Waals surface area contributed by atoms with Gasteiger partial charge in [0.25, 0.3) is 5.91 Å². The summed E-state index contributed by atoms with van der Waals surface area (Å²) in [4.78, 5) is 29.2. The Balaban J connectivity index is 1.39. The minimum Gasteiger partial charge on any atom is -0.457 e. The van der Waals surface area contributed by atoms with Crippen LogP contribution in [-0.4, -0.2) is 48.0 Å². The zero-order chi connectivity index (χ0) is 28.3. The van der Waals surface area contributed by atoms with E-state index in [0.29, 0.717) is 27.8 Å². The first kappa shape index (κ1) is 27.8. The quantitative estimate of drug-likeness (QED) is 0.344. The van der Waals surface area contributed by atoms with E-state index in [1.165, 1.54) is 15.9 Å². The molecule has 0 aromatic heterocycles. The van der Waals surface area contributed by atoms with Crippen LogP contribution in [0.15, 0.2) is 72.8 Å².